The summed E-state index contributed by atoms with van der Waals surface area (Å²) in [4.78, 5) is 2.36. The Balaban J connectivity index is 2.09. The molecule has 0 saturated carbocycles. The third-order valence-corrected chi connectivity index (χ3v) is 4.40. The summed E-state index contributed by atoms with van der Waals surface area (Å²) in [6.45, 7) is 4.01. The number of hydrogen-bond donors (Lipinski definition) is 1. The molecule has 0 atom stereocenters. The number of nitrogens with zero attached hydrogens (tertiary/aromatic N) is 1. The van der Waals surface area contributed by atoms with E-state index in [1.54, 1.807) is 7.11 Å². The number of piperidine rings is 1. The zero-order valence-electron chi connectivity index (χ0n) is 11.8. The first-order valence-electron chi connectivity index (χ1n) is 7.18. The minimum Gasteiger partial charge on any atom is -0.395 e. The Bertz CT molecular complexity index is 358. The highest BCUT2D eigenvalue weighted by Crippen LogP contribution is 2.38. The van der Waals surface area contributed by atoms with Gasteiger partial charge in [0.1, 0.15) is 0 Å². The van der Waals surface area contributed by atoms with E-state index in [1.807, 2.05) is 0 Å². The maximum Gasteiger partial charge on any atom is 0.0558 e. The third-order valence-electron chi connectivity index (χ3n) is 4.40. The smallest absolute Gasteiger partial charge is 0.0558 e. The second kappa shape index (κ2) is 7.04. The molecule has 3 nitrogen and oxygen atoms in total. The second-order valence-electron chi connectivity index (χ2n) is 5.45. The van der Waals surface area contributed by atoms with Crippen LogP contribution in [0.4, 0.5) is 0 Å². The minimum absolute atomic E-state index is 0.253. The molecule has 1 aromatic rings. The van der Waals surface area contributed by atoms with Crippen molar-refractivity contribution < 1.29 is 9.84 Å². The lowest BCUT2D eigenvalue weighted by Gasteiger charge is -2.42. The fourth-order valence-electron chi connectivity index (χ4n) is 3.12. The van der Waals surface area contributed by atoms with Gasteiger partial charge in [-0.2, -0.15) is 0 Å². The number of rotatable bonds is 6. The number of benzene rings is 1. The van der Waals surface area contributed by atoms with Gasteiger partial charge in [-0.25, -0.2) is 0 Å². The molecule has 0 bridgehead atoms. The van der Waals surface area contributed by atoms with Crippen molar-refractivity contribution in [2.75, 3.05) is 40.0 Å². The molecule has 106 valence electrons. The van der Waals surface area contributed by atoms with Crippen LogP contribution in [0.1, 0.15) is 24.8 Å². The predicted molar refractivity (Wildman–Crippen MR) is 77.4 cm³/mol. The van der Waals surface area contributed by atoms with Crippen molar-refractivity contribution in [2.24, 2.45) is 0 Å². The Morgan fingerprint density at radius 1 is 1.21 bits per heavy atom. The topological polar surface area (TPSA) is 32.7 Å². The summed E-state index contributed by atoms with van der Waals surface area (Å²) in [5, 5.41) is 9.05. The zero-order valence-corrected chi connectivity index (χ0v) is 11.8. The summed E-state index contributed by atoms with van der Waals surface area (Å²) in [5.74, 6) is 0. The minimum atomic E-state index is 0.253. The van der Waals surface area contributed by atoms with Gasteiger partial charge < -0.3 is 14.7 Å². The van der Waals surface area contributed by atoms with Gasteiger partial charge in [0, 0.05) is 20.3 Å². The first-order chi connectivity index (χ1) is 9.30. The van der Waals surface area contributed by atoms with Crippen molar-refractivity contribution in [1.82, 2.24) is 4.90 Å². The fourth-order valence-corrected chi connectivity index (χ4v) is 3.12. The van der Waals surface area contributed by atoms with Crippen molar-refractivity contribution >= 4 is 0 Å². The molecule has 0 amide bonds. The van der Waals surface area contributed by atoms with E-state index in [-0.39, 0.29) is 12.0 Å². The molecule has 1 aliphatic heterocycles. The van der Waals surface area contributed by atoms with Crippen LogP contribution in [0.2, 0.25) is 0 Å². The van der Waals surface area contributed by atoms with Crippen LogP contribution in [-0.2, 0) is 10.2 Å². The lowest BCUT2D eigenvalue weighted by Crippen LogP contribution is -2.44. The molecule has 1 aliphatic rings. The molecular formula is C16H25NO2. The summed E-state index contributed by atoms with van der Waals surface area (Å²) >= 11 is 0. The zero-order chi connectivity index (χ0) is 13.6. The number of likely N-dealkylation sites (tertiary alicyclic amines) is 1. The molecule has 1 fully saturated rings. The molecule has 1 aromatic carbocycles. The van der Waals surface area contributed by atoms with Gasteiger partial charge in [-0.05, 0) is 43.3 Å². The first-order valence-corrected chi connectivity index (χ1v) is 7.18. The molecule has 0 spiro atoms. The monoisotopic (exact) mass is 263 g/mol. The highest BCUT2D eigenvalue weighted by Gasteiger charge is 2.35. The summed E-state index contributed by atoms with van der Waals surface area (Å²) < 4.78 is 5.31. The van der Waals surface area contributed by atoms with Crippen LogP contribution in [-0.4, -0.2) is 50.0 Å². The maximum absolute atomic E-state index is 9.05. The number of aliphatic hydroxyl groups is 1. The van der Waals surface area contributed by atoms with E-state index < -0.39 is 0 Å². The Morgan fingerprint density at radius 3 is 2.47 bits per heavy atom. The lowest BCUT2D eigenvalue weighted by atomic mass is 9.70. The molecule has 1 heterocycles. The normalized spacial score (nSPS) is 19.5. The predicted octanol–water partition coefficient (Wildman–Crippen LogP) is 2.05. The summed E-state index contributed by atoms with van der Waals surface area (Å²) in [6, 6.07) is 10.8. The lowest BCUT2D eigenvalue weighted by molar-refractivity contribution is 0.101. The Hall–Kier alpha value is -0.900. The Morgan fingerprint density at radius 2 is 1.89 bits per heavy atom. The number of β-amino-alcohol motifs (C(OH)–C–C–N with tert-alkyl or cyclic N) is 1. The molecule has 3 heteroatoms. The van der Waals surface area contributed by atoms with Gasteiger partial charge >= 0.3 is 0 Å². The summed E-state index contributed by atoms with van der Waals surface area (Å²) in [5.41, 5.74) is 1.69. The van der Waals surface area contributed by atoms with Crippen LogP contribution in [0.3, 0.4) is 0 Å². The standard InChI is InChI=1S/C16H25NO2/c1-19-14-9-16(15-5-3-2-4-6-15)7-10-17(11-8-16)12-13-18/h2-6,18H,7-14H2,1H3. The van der Waals surface area contributed by atoms with Crippen molar-refractivity contribution in [1.29, 1.82) is 0 Å². The second-order valence-corrected chi connectivity index (χ2v) is 5.45. The van der Waals surface area contributed by atoms with Gasteiger partial charge in [-0.15, -0.1) is 0 Å². The van der Waals surface area contributed by atoms with Gasteiger partial charge in [0.25, 0.3) is 0 Å². The average Bonchev–Trinajstić information content (AvgIpc) is 2.48. The first kappa shape index (κ1) is 14.5. The van der Waals surface area contributed by atoms with Gasteiger partial charge in [0.15, 0.2) is 0 Å². The molecule has 0 radical (unpaired) electrons. The van der Waals surface area contributed by atoms with Gasteiger partial charge in [0.2, 0.25) is 0 Å². The summed E-state index contributed by atoms with van der Waals surface area (Å²) in [7, 11) is 1.78. The van der Waals surface area contributed by atoms with Crippen molar-refractivity contribution in [3.63, 3.8) is 0 Å². The maximum atomic E-state index is 9.05. The van der Waals surface area contributed by atoms with Crippen molar-refractivity contribution in [3.8, 4) is 0 Å². The van der Waals surface area contributed by atoms with Gasteiger partial charge in [-0.1, -0.05) is 30.3 Å². The van der Waals surface area contributed by atoms with Crippen molar-refractivity contribution in [2.45, 2.75) is 24.7 Å². The molecule has 0 unspecified atom stereocenters. The van der Waals surface area contributed by atoms with E-state index in [1.165, 1.54) is 5.56 Å². The molecule has 2 rings (SSSR count). The highest BCUT2D eigenvalue weighted by atomic mass is 16.5. The van der Waals surface area contributed by atoms with Crippen LogP contribution in [0.5, 0.6) is 0 Å². The van der Waals surface area contributed by atoms with Crippen LogP contribution in [0.15, 0.2) is 30.3 Å². The van der Waals surface area contributed by atoms with E-state index in [0.29, 0.717) is 0 Å². The van der Waals surface area contributed by atoms with E-state index in [4.69, 9.17) is 9.84 Å². The number of hydrogen-bond acceptors (Lipinski definition) is 3. The summed E-state index contributed by atoms with van der Waals surface area (Å²) in [6.07, 6.45) is 3.39. The Kier molecular flexibility index (Phi) is 5.37. The number of methoxy groups -OCH3 is 1. The highest BCUT2D eigenvalue weighted by molar-refractivity contribution is 5.26. The SMILES string of the molecule is COCCC1(c2ccccc2)CCN(CCO)CC1. The molecule has 19 heavy (non-hydrogen) atoms. The quantitative estimate of drug-likeness (QED) is 0.852. The van der Waals surface area contributed by atoms with Crippen molar-refractivity contribution in [3.05, 3.63) is 35.9 Å². The van der Waals surface area contributed by atoms with Crippen LogP contribution >= 0.6 is 0 Å². The Labute approximate surface area is 116 Å². The molecule has 1 N–H and O–H groups in total. The van der Waals surface area contributed by atoms with E-state index in [0.717, 1.165) is 45.5 Å². The van der Waals surface area contributed by atoms with E-state index in [9.17, 15) is 0 Å². The van der Waals surface area contributed by atoms with Crippen LogP contribution < -0.4 is 0 Å². The van der Waals surface area contributed by atoms with E-state index in [2.05, 4.69) is 35.2 Å². The van der Waals surface area contributed by atoms with E-state index >= 15 is 0 Å². The molecule has 1 saturated heterocycles. The largest absolute Gasteiger partial charge is 0.395 e. The van der Waals surface area contributed by atoms with Crippen LogP contribution in [0.25, 0.3) is 0 Å². The average molecular weight is 263 g/mol. The van der Waals surface area contributed by atoms with Crippen LogP contribution in [0, 0.1) is 0 Å². The third kappa shape index (κ3) is 3.56. The number of ether oxygens (including phenoxy) is 1. The van der Waals surface area contributed by atoms with Gasteiger partial charge in [-0.3, -0.25) is 0 Å². The molecule has 0 aliphatic carbocycles. The molecular weight excluding hydrogens is 238 g/mol. The van der Waals surface area contributed by atoms with Gasteiger partial charge in [0.05, 0.1) is 6.61 Å². The number of aliphatic hydroxyl groups excluding tert-OH is 1. The fraction of sp³-hybridized carbons (Fsp3) is 0.625. The molecule has 0 aromatic heterocycles.